The van der Waals surface area contributed by atoms with Gasteiger partial charge in [-0.25, -0.2) is 0 Å². The molecule has 1 aromatic rings. The Morgan fingerprint density at radius 1 is 1.38 bits per heavy atom. The highest BCUT2D eigenvalue weighted by Crippen LogP contribution is 2.13. The van der Waals surface area contributed by atoms with E-state index in [1.807, 2.05) is 37.3 Å². The Hall–Kier alpha value is -1.04. The van der Waals surface area contributed by atoms with E-state index in [4.69, 9.17) is 16.9 Å². The standard InChI is InChI=1S/C13H17ClN2/c1-13(11-15,8-5-9-14)16-10-12-6-3-2-4-7-12/h2-4,6-7,16H,5,8-10H2,1H3. The van der Waals surface area contributed by atoms with Crippen molar-refractivity contribution < 1.29 is 0 Å². The minimum Gasteiger partial charge on any atom is -0.296 e. The quantitative estimate of drug-likeness (QED) is 0.771. The average molecular weight is 237 g/mol. The van der Waals surface area contributed by atoms with Crippen LogP contribution in [-0.4, -0.2) is 11.4 Å². The van der Waals surface area contributed by atoms with Gasteiger partial charge in [0.25, 0.3) is 0 Å². The van der Waals surface area contributed by atoms with E-state index in [-0.39, 0.29) is 0 Å². The van der Waals surface area contributed by atoms with Gasteiger partial charge in [-0.05, 0) is 25.3 Å². The van der Waals surface area contributed by atoms with Crippen LogP contribution in [-0.2, 0) is 6.54 Å². The van der Waals surface area contributed by atoms with Gasteiger partial charge in [0.2, 0.25) is 0 Å². The van der Waals surface area contributed by atoms with Crippen molar-refractivity contribution in [3.8, 4) is 6.07 Å². The summed E-state index contributed by atoms with van der Waals surface area (Å²) in [7, 11) is 0. The van der Waals surface area contributed by atoms with E-state index in [1.165, 1.54) is 5.56 Å². The molecule has 1 atom stereocenters. The van der Waals surface area contributed by atoms with Gasteiger partial charge >= 0.3 is 0 Å². The summed E-state index contributed by atoms with van der Waals surface area (Å²) in [5.74, 6) is 0.601. The first-order chi connectivity index (χ1) is 7.70. The second-order valence-corrected chi connectivity index (χ2v) is 4.45. The van der Waals surface area contributed by atoms with Crippen molar-refractivity contribution in [2.45, 2.75) is 31.8 Å². The van der Waals surface area contributed by atoms with Crippen molar-refractivity contribution in [2.24, 2.45) is 0 Å². The number of nitrogens with zero attached hydrogens (tertiary/aromatic N) is 1. The van der Waals surface area contributed by atoms with Crippen molar-refractivity contribution in [2.75, 3.05) is 5.88 Å². The topological polar surface area (TPSA) is 35.8 Å². The zero-order valence-corrected chi connectivity index (χ0v) is 10.3. The summed E-state index contributed by atoms with van der Waals surface area (Å²) in [6.45, 7) is 2.63. The van der Waals surface area contributed by atoms with Crippen molar-refractivity contribution >= 4 is 11.6 Å². The lowest BCUT2D eigenvalue weighted by molar-refractivity contribution is 0.413. The van der Waals surface area contributed by atoms with Crippen molar-refractivity contribution in [3.63, 3.8) is 0 Å². The molecule has 0 saturated carbocycles. The number of hydrogen-bond donors (Lipinski definition) is 1. The van der Waals surface area contributed by atoms with Crippen LogP contribution in [0.2, 0.25) is 0 Å². The van der Waals surface area contributed by atoms with Gasteiger partial charge in [-0.1, -0.05) is 30.3 Å². The highest BCUT2D eigenvalue weighted by molar-refractivity contribution is 6.17. The van der Waals surface area contributed by atoms with Crippen LogP contribution in [0.25, 0.3) is 0 Å². The van der Waals surface area contributed by atoms with Crippen molar-refractivity contribution in [1.82, 2.24) is 5.32 Å². The number of alkyl halides is 1. The van der Waals surface area contributed by atoms with E-state index < -0.39 is 5.54 Å². The fourth-order valence-electron chi connectivity index (χ4n) is 1.50. The van der Waals surface area contributed by atoms with Crippen LogP contribution in [0.1, 0.15) is 25.3 Å². The highest BCUT2D eigenvalue weighted by Gasteiger charge is 2.21. The molecule has 0 amide bonds. The maximum Gasteiger partial charge on any atom is 0.104 e. The summed E-state index contributed by atoms with van der Waals surface area (Å²) in [6, 6.07) is 12.4. The Kier molecular flexibility index (Phi) is 5.31. The smallest absolute Gasteiger partial charge is 0.104 e. The Bertz CT molecular complexity index is 345. The van der Waals surface area contributed by atoms with Crippen LogP contribution in [0.15, 0.2) is 30.3 Å². The molecule has 0 heterocycles. The van der Waals surface area contributed by atoms with E-state index in [9.17, 15) is 0 Å². The lowest BCUT2D eigenvalue weighted by Crippen LogP contribution is -2.40. The van der Waals surface area contributed by atoms with Crippen LogP contribution in [0.4, 0.5) is 0 Å². The minimum atomic E-state index is -0.481. The molecule has 3 heteroatoms. The molecule has 2 nitrogen and oxygen atoms in total. The molecule has 86 valence electrons. The first-order valence-electron chi connectivity index (χ1n) is 5.46. The predicted molar refractivity (Wildman–Crippen MR) is 67.3 cm³/mol. The first kappa shape index (κ1) is 13.0. The predicted octanol–water partition coefficient (Wildman–Crippen LogP) is 3.08. The average Bonchev–Trinajstić information content (AvgIpc) is 2.35. The van der Waals surface area contributed by atoms with Crippen molar-refractivity contribution in [3.05, 3.63) is 35.9 Å². The molecule has 0 aliphatic heterocycles. The van der Waals surface area contributed by atoms with Gasteiger partial charge in [-0.2, -0.15) is 5.26 Å². The van der Waals surface area contributed by atoms with Crippen molar-refractivity contribution in [1.29, 1.82) is 5.26 Å². The van der Waals surface area contributed by atoms with E-state index in [2.05, 4.69) is 11.4 Å². The first-order valence-corrected chi connectivity index (χ1v) is 6.00. The van der Waals surface area contributed by atoms with Gasteiger partial charge in [0.15, 0.2) is 0 Å². The molecule has 1 N–H and O–H groups in total. The molecular formula is C13H17ClN2. The van der Waals surface area contributed by atoms with Crippen LogP contribution >= 0.6 is 11.6 Å². The molecule has 0 spiro atoms. The van der Waals surface area contributed by atoms with E-state index in [0.29, 0.717) is 12.4 Å². The number of nitrogens with one attached hydrogen (secondary N) is 1. The molecule has 0 aliphatic rings. The van der Waals surface area contributed by atoms with E-state index in [1.54, 1.807) is 0 Å². The molecule has 0 aliphatic carbocycles. The van der Waals surface area contributed by atoms with Crippen LogP contribution in [0, 0.1) is 11.3 Å². The zero-order valence-electron chi connectivity index (χ0n) is 9.54. The van der Waals surface area contributed by atoms with Crippen LogP contribution in [0.3, 0.4) is 0 Å². The molecule has 0 bridgehead atoms. The number of hydrogen-bond acceptors (Lipinski definition) is 2. The van der Waals surface area contributed by atoms with Gasteiger partial charge in [0.05, 0.1) is 6.07 Å². The summed E-state index contributed by atoms with van der Waals surface area (Å²) in [6.07, 6.45) is 1.63. The van der Waals surface area contributed by atoms with Gasteiger partial charge in [0.1, 0.15) is 5.54 Å². The van der Waals surface area contributed by atoms with Gasteiger partial charge in [-0.15, -0.1) is 11.6 Å². The molecule has 1 rings (SSSR count). The summed E-state index contributed by atoms with van der Waals surface area (Å²) in [5, 5.41) is 12.4. The Morgan fingerprint density at radius 2 is 2.06 bits per heavy atom. The van der Waals surface area contributed by atoms with Crippen LogP contribution < -0.4 is 5.32 Å². The Labute approximate surface area is 102 Å². The van der Waals surface area contributed by atoms with Gasteiger partial charge in [0, 0.05) is 12.4 Å². The van der Waals surface area contributed by atoms with E-state index in [0.717, 1.165) is 12.8 Å². The number of halogens is 1. The van der Waals surface area contributed by atoms with E-state index >= 15 is 0 Å². The monoisotopic (exact) mass is 236 g/mol. The Morgan fingerprint density at radius 3 is 2.62 bits per heavy atom. The molecular weight excluding hydrogens is 220 g/mol. The second kappa shape index (κ2) is 6.52. The summed E-state index contributed by atoms with van der Waals surface area (Å²) in [5.41, 5.74) is 0.708. The zero-order chi connectivity index (χ0) is 11.9. The third-order valence-corrected chi connectivity index (χ3v) is 2.85. The maximum absolute atomic E-state index is 9.13. The molecule has 0 radical (unpaired) electrons. The summed E-state index contributed by atoms with van der Waals surface area (Å²) >= 11 is 5.64. The second-order valence-electron chi connectivity index (χ2n) is 4.08. The normalized spacial score (nSPS) is 14.1. The lowest BCUT2D eigenvalue weighted by atomic mass is 9.98. The number of nitriles is 1. The van der Waals surface area contributed by atoms with Gasteiger partial charge < -0.3 is 0 Å². The van der Waals surface area contributed by atoms with Crippen LogP contribution in [0.5, 0.6) is 0 Å². The summed E-state index contributed by atoms with van der Waals surface area (Å²) < 4.78 is 0. The highest BCUT2D eigenvalue weighted by atomic mass is 35.5. The fourth-order valence-corrected chi connectivity index (χ4v) is 1.63. The lowest BCUT2D eigenvalue weighted by Gasteiger charge is -2.22. The molecule has 0 fully saturated rings. The largest absolute Gasteiger partial charge is 0.296 e. The molecule has 0 saturated heterocycles. The van der Waals surface area contributed by atoms with Gasteiger partial charge in [-0.3, -0.25) is 5.32 Å². The number of benzene rings is 1. The summed E-state index contributed by atoms with van der Waals surface area (Å²) in [4.78, 5) is 0. The fraction of sp³-hybridized carbons (Fsp3) is 0.462. The molecule has 1 aromatic carbocycles. The third kappa shape index (κ3) is 4.22. The molecule has 1 unspecified atom stereocenters. The molecule has 0 aromatic heterocycles. The molecule has 16 heavy (non-hydrogen) atoms. The minimum absolute atomic E-state index is 0.481. The number of rotatable bonds is 6. The Balaban J connectivity index is 2.49. The third-order valence-electron chi connectivity index (χ3n) is 2.58. The maximum atomic E-state index is 9.13. The SMILES string of the molecule is CC(C#N)(CCCCl)NCc1ccccc1.